The van der Waals surface area contributed by atoms with Crippen LogP contribution in [0.5, 0.6) is 5.75 Å². The van der Waals surface area contributed by atoms with E-state index in [1.54, 1.807) is 12.3 Å². The molecule has 0 fully saturated rings. The number of ether oxygens (including phenoxy) is 1. The standard InChI is InChI=1S/C9H8ClNO/c1-3-7(2)12-9-4-8(10)5-11-6-9/h3-6H,1-2H2. The maximum absolute atomic E-state index is 5.67. The molecule has 0 bridgehead atoms. The molecule has 0 unspecified atom stereocenters. The van der Waals surface area contributed by atoms with Crippen LogP contribution < -0.4 is 4.74 Å². The highest BCUT2D eigenvalue weighted by Gasteiger charge is 1.95. The predicted molar refractivity (Wildman–Crippen MR) is 49.2 cm³/mol. The van der Waals surface area contributed by atoms with Crippen molar-refractivity contribution < 1.29 is 4.74 Å². The van der Waals surface area contributed by atoms with Gasteiger partial charge in [-0.2, -0.15) is 0 Å². The highest BCUT2D eigenvalue weighted by atomic mass is 35.5. The van der Waals surface area contributed by atoms with E-state index in [9.17, 15) is 0 Å². The molecule has 0 aliphatic carbocycles. The number of hydrogen-bond acceptors (Lipinski definition) is 2. The molecule has 0 radical (unpaired) electrons. The minimum absolute atomic E-state index is 0.471. The molecular formula is C9H8ClNO. The Labute approximate surface area is 76.1 Å². The maximum atomic E-state index is 5.67. The monoisotopic (exact) mass is 181 g/mol. The van der Waals surface area contributed by atoms with Gasteiger partial charge in [0.2, 0.25) is 0 Å². The van der Waals surface area contributed by atoms with Crippen molar-refractivity contribution in [2.75, 3.05) is 0 Å². The van der Waals surface area contributed by atoms with Gasteiger partial charge in [-0.15, -0.1) is 0 Å². The highest BCUT2D eigenvalue weighted by molar-refractivity contribution is 6.30. The second kappa shape index (κ2) is 3.93. The van der Waals surface area contributed by atoms with E-state index in [0.29, 0.717) is 16.5 Å². The Hall–Kier alpha value is -1.28. The topological polar surface area (TPSA) is 22.1 Å². The molecule has 0 aliphatic rings. The average molecular weight is 182 g/mol. The van der Waals surface area contributed by atoms with Crippen molar-refractivity contribution >= 4 is 11.6 Å². The molecule has 0 aliphatic heterocycles. The summed E-state index contributed by atoms with van der Waals surface area (Å²) in [4.78, 5) is 3.84. The summed E-state index contributed by atoms with van der Waals surface area (Å²) < 4.78 is 5.18. The number of allylic oxidation sites excluding steroid dienone is 1. The van der Waals surface area contributed by atoms with E-state index in [-0.39, 0.29) is 0 Å². The van der Waals surface area contributed by atoms with Gasteiger partial charge in [0.25, 0.3) is 0 Å². The molecular weight excluding hydrogens is 174 g/mol. The van der Waals surface area contributed by atoms with Crippen molar-refractivity contribution in [3.63, 3.8) is 0 Å². The fraction of sp³-hybridized carbons (Fsp3) is 0. The number of pyridine rings is 1. The molecule has 0 N–H and O–H groups in total. The fourth-order valence-electron chi connectivity index (χ4n) is 0.641. The number of nitrogens with zero attached hydrogens (tertiary/aromatic N) is 1. The first-order valence-electron chi connectivity index (χ1n) is 3.32. The lowest BCUT2D eigenvalue weighted by Crippen LogP contribution is -1.89. The smallest absolute Gasteiger partial charge is 0.147 e. The summed E-state index contributed by atoms with van der Waals surface area (Å²) in [5.74, 6) is 1.03. The molecule has 2 nitrogen and oxygen atoms in total. The minimum atomic E-state index is 0.471. The van der Waals surface area contributed by atoms with Gasteiger partial charge in [0.15, 0.2) is 0 Å². The number of halogens is 1. The molecule has 12 heavy (non-hydrogen) atoms. The van der Waals surface area contributed by atoms with Crippen LogP contribution >= 0.6 is 11.6 Å². The Bertz CT molecular complexity index is 309. The zero-order chi connectivity index (χ0) is 8.97. The van der Waals surface area contributed by atoms with Crippen LogP contribution in [0.1, 0.15) is 0 Å². The van der Waals surface area contributed by atoms with E-state index in [0.717, 1.165) is 0 Å². The van der Waals surface area contributed by atoms with Gasteiger partial charge in [0.05, 0.1) is 11.2 Å². The van der Waals surface area contributed by atoms with E-state index in [2.05, 4.69) is 18.1 Å². The molecule has 1 aromatic heterocycles. The highest BCUT2D eigenvalue weighted by Crippen LogP contribution is 2.16. The third-order valence-electron chi connectivity index (χ3n) is 1.16. The van der Waals surface area contributed by atoms with Gasteiger partial charge in [-0.25, -0.2) is 0 Å². The zero-order valence-electron chi connectivity index (χ0n) is 6.46. The maximum Gasteiger partial charge on any atom is 0.147 e. The number of aromatic nitrogens is 1. The van der Waals surface area contributed by atoms with Crippen LogP contribution in [-0.2, 0) is 0 Å². The third kappa shape index (κ3) is 2.40. The molecule has 1 rings (SSSR count). The molecule has 1 aromatic rings. The molecule has 0 aromatic carbocycles. The Morgan fingerprint density at radius 2 is 2.33 bits per heavy atom. The van der Waals surface area contributed by atoms with Crippen molar-refractivity contribution in [3.8, 4) is 5.75 Å². The lowest BCUT2D eigenvalue weighted by Gasteiger charge is -2.03. The Balaban J connectivity index is 2.76. The van der Waals surface area contributed by atoms with E-state index in [4.69, 9.17) is 16.3 Å². The predicted octanol–water partition coefficient (Wildman–Crippen LogP) is 2.81. The molecule has 0 spiro atoms. The summed E-state index contributed by atoms with van der Waals surface area (Å²) in [6.07, 6.45) is 4.60. The normalized spacial score (nSPS) is 9.08. The lowest BCUT2D eigenvalue weighted by atomic mass is 10.4. The van der Waals surface area contributed by atoms with Gasteiger partial charge in [-0.1, -0.05) is 24.8 Å². The molecule has 0 saturated heterocycles. The number of rotatable bonds is 3. The molecule has 0 saturated carbocycles. The van der Waals surface area contributed by atoms with Gasteiger partial charge in [0, 0.05) is 12.3 Å². The third-order valence-corrected chi connectivity index (χ3v) is 1.36. The quantitative estimate of drug-likeness (QED) is 0.529. The van der Waals surface area contributed by atoms with Gasteiger partial charge in [-0.3, -0.25) is 4.98 Å². The number of hydrogen-bond donors (Lipinski definition) is 0. The van der Waals surface area contributed by atoms with Gasteiger partial charge < -0.3 is 4.74 Å². The van der Waals surface area contributed by atoms with Crippen molar-refractivity contribution in [2.24, 2.45) is 0 Å². The Morgan fingerprint density at radius 1 is 1.58 bits per heavy atom. The molecule has 62 valence electrons. The van der Waals surface area contributed by atoms with Gasteiger partial charge in [0.1, 0.15) is 11.5 Å². The Morgan fingerprint density at radius 3 is 2.92 bits per heavy atom. The largest absolute Gasteiger partial charge is 0.456 e. The van der Waals surface area contributed by atoms with Crippen molar-refractivity contribution in [3.05, 3.63) is 48.5 Å². The summed E-state index contributed by atoms with van der Waals surface area (Å²) in [6, 6.07) is 1.66. The first-order valence-corrected chi connectivity index (χ1v) is 3.70. The summed E-state index contributed by atoms with van der Waals surface area (Å²) in [5, 5.41) is 0.532. The van der Waals surface area contributed by atoms with Crippen molar-refractivity contribution in [1.29, 1.82) is 0 Å². The molecule has 0 atom stereocenters. The van der Waals surface area contributed by atoms with Crippen LogP contribution in [0, 0.1) is 0 Å². The van der Waals surface area contributed by atoms with Crippen molar-refractivity contribution in [2.45, 2.75) is 0 Å². The van der Waals surface area contributed by atoms with Gasteiger partial charge in [-0.05, 0) is 6.08 Å². The SMILES string of the molecule is C=CC(=C)Oc1cncc(Cl)c1. The first-order chi connectivity index (χ1) is 5.72. The van der Waals surface area contributed by atoms with Gasteiger partial charge >= 0.3 is 0 Å². The summed E-state index contributed by atoms with van der Waals surface area (Å²) >= 11 is 5.67. The lowest BCUT2D eigenvalue weighted by molar-refractivity contribution is 0.445. The van der Waals surface area contributed by atoms with Crippen LogP contribution in [0.4, 0.5) is 0 Å². The van der Waals surface area contributed by atoms with E-state index in [1.807, 2.05) is 0 Å². The van der Waals surface area contributed by atoms with Crippen LogP contribution in [0.15, 0.2) is 43.5 Å². The molecule has 3 heteroatoms. The molecule has 1 heterocycles. The van der Waals surface area contributed by atoms with Crippen LogP contribution in [0.3, 0.4) is 0 Å². The Kier molecular flexibility index (Phi) is 2.88. The summed E-state index contributed by atoms with van der Waals surface area (Å²) in [5.41, 5.74) is 0. The minimum Gasteiger partial charge on any atom is -0.456 e. The first kappa shape index (κ1) is 8.81. The summed E-state index contributed by atoms with van der Waals surface area (Å²) in [7, 11) is 0. The van der Waals surface area contributed by atoms with E-state index >= 15 is 0 Å². The van der Waals surface area contributed by atoms with Crippen LogP contribution in [-0.4, -0.2) is 4.98 Å². The second-order valence-electron chi connectivity index (χ2n) is 2.11. The van der Waals surface area contributed by atoms with Crippen LogP contribution in [0.25, 0.3) is 0 Å². The van der Waals surface area contributed by atoms with E-state index in [1.165, 1.54) is 12.3 Å². The zero-order valence-corrected chi connectivity index (χ0v) is 7.21. The van der Waals surface area contributed by atoms with Crippen molar-refractivity contribution in [1.82, 2.24) is 4.98 Å². The molecule has 0 amide bonds. The van der Waals surface area contributed by atoms with E-state index < -0.39 is 0 Å². The summed E-state index contributed by atoms with van der Waals surface area (Å²) in [6.45, 7) is 7.09. The second-order valence-corrected chi connectivity index (χ2v) is 2.55. The average Bonchev–Trinajstić information content (AvgIpc) is 2.04. The fourth-order valence-corrected chi connectivity index (χ4v) is 0.805. The van der Waals surface area contributed by atoms with Crippen LogP contribution in [0.2, 0.25) is 5.02 Å².